The Bertz CT molecular complexity index is 716. The summed E-state index contributed by atoms with van der Waals surface area (Å²) in [6, 6.07) is 4.36. The van der Waals surface area contributed by atoms with Crippen molar-refractivity contribution >= 4 is 8.07 Å². The Balaban J connectivity index is 2.11. The molecule has 7 heteroatoms. The first-order valence-electron chi connectivity index (χ1n) is 7.72. The summed E-state index contributed by atoms with van der Waals surface area (Å²) in [7, 11) is 0.603. The zero-order valence-corrected chi connectivity index (χ0v) is 15.2. The fourth-order valence-corrected chi connectivity index (χ4v) is 2.93. The van der Waals surface area contributed by atoms with Gasteiger partial charge >= 0.3 is 0 Å². The molecule has 2 aromatic heterocycles. The average molecular weight is 335 g/mol. The molecule has 2 rings (SSSR count). The zero-order chi connectivity index (χ0) is 17.0. The van der Waals surface area contributed by atoms with E-state index in [1.165, 1.54) is 10.6 Å². The number of aliphatic hydroxyl groups is 1. The monoisotopic (exact) mass is 335 g/mol. The maximum absolute atomic E-state index is 11.5. The SMILES string of the molecule is Cn1cc(-c2cn(COCC[Si](C)(C)C)nc2CO)ccc1=O. The predicted octanol–water partition coefficient (Wildman–Crippen LogP) is 2.05. The van der Waals surface area contributed by atoms with Crippen molar-refractivity contribution in [3.8, 4) is 11.1 Å². The van der Waals surface area contributed by atoms with Crippen LogP contribution in [0.5, 0.6) is 0 Å². The first-order valence-corrected chi connectivity index (χ1v) is 11.4. The lowest BCUT2D eigenvalue weighted by Crippen LogP contribution is -2.22. The van der Waals surface area contributed by atoms with Gasteiger partial charge in [0.1, 0.15) is 6.73 Å². The number of hydrogen-bond acceptors (Lipinski definition) is 4. The fourth-order valence-electron chi connectivity index (χ4n) is 2.18. The van der Waals surface area contributed by atoms with Gasteiger partial charge in [-0.3, -0.25) is 4.79 Å². The Labute approximate surface area is 137 Å². The van der Waals surface area contributed by atoms with Gasteiger partial charge in [-0.2, -0.15) is 5.10 Å². The van der Waals surface area contributed by atoms with Crippen molar-refractivity contribution in [2.24, 2.45) is 7.05 Å². The quantitative estimate of drug-likeness (QED) is 0.621. The molecule has 1 N–H and O–H groups in total. The molecule has 0 aliphatic rings. The van der Waals surface area contributed by atoms with Crippen molar-refractivity contribution in [2.75, 3.05) is 6.61 Å². The van der Waals surface area contributed by atoms with Gasteiger partial charge in [-0.25, -0.2) is 4.68 Å². The predicted molar refractivity (Wildman–Crippen MR) is 92.9 cm³/mol. The molecule has 0 unspecified atom stereocenters. The highest BCUT2D eigenvalue weighted by molar-refractivity contribution is 6.76. The summed E-state index contributed by atoms with van der Waals surface area (Å²) in [5.41, 5.74) is 2.18. The molecule has 23 heavy (non-hydrogen) atoms. The van der Waals surface area contributed by atoms with Crippen LogP contribution in [0.15, 0.2) is 29.3 Å². The van der Waals surface area contributed by atoms with Crippen LogP contribution in [0, 0.1) is 0 Å². The second kappa shape index (κ2) is 7.25. The van der Waals surface area contributed by atoms with Gasteiger partial charge in [-0.1, -0.05) is 19.6 Å². The number of aryl methyl sites for hydroxylation is 1. The highest BCUT2D eigenvalue weighted by Gasteiger charge is 2.13. The van der Waals surface area contributed by atoms with E-state index >= 15 is 0 Å². The summed E-state index contributed by atoms with van der Waals surface area (Å²) in [5, 5.41) is 13.9. The van der Waals surface area contributed by atoms with E-state index in [2.05, 4.69) is 24.7 Å². The Hall–Kier alpha value is -1.70. The molecule has 0 amide bonds. The minimum Gasteiger partial charge on any atom is -0.390 e. The minimum atomic E-state index is -1.10. The number of nitrogens with zero attached hydrogens (tertiary/aromatic N) is 3. The molecule has 0 bridgehead atoms. The molecule has 0 aliphatic carbocycles. The maximum atomic E-state index is 11.5. The molecule has 0 saturated heterocycles. The highest BCUT2D eigenvalue weighted by Crippen LogP contribution is 2.22. The van der Waals surface area contributed by atoms with Gasteiger partial charge in [0.25, 0.3) is 0 Å². The average Bonchev–Trinajstić information content (AvgIpc) is 2.89. The molecule has 2 heterocycles. The molecule has 0 fully saturated rings. The van der Waals surface area contributed by atoms with Gasteiger partial charge in [-0.05, 0) is 12.1 Å². The Kier molecular flexibility index (Phi) is 5.56. The van der Waals surface area contributed by atoms with Gasteiger partial charge in [0.2, 0.25) is 5.56 Å². The highest BCUT2D eigenvalue weighted by atomic mass is 28.3. The molecule has 0 aromatic carbocycles. The van der Waals surface area contributed by atoms with Gasteiger partial charge in [0.05, 0.1) is 12.3 Å². The molecular formula is C16H25N3O3Si. The summed E-state index contributed by atoms with van der Waals surface area (Å²) in [6.45, 7) is 7.87. The minimum absolute atomic E-state index is 0.0682. The van der Waals surface area contributed by atoms with Crippen LogP contribution in [0.25, 0.3) is 11.1 Å². The van der Waals surface area contributed by atoms with E-state index in [4.69, 9.17) is 4.74 Å². The number of ether oxygens (including phenoxy) is 1. The first kappa shape index (κ1) is 17.6. The first-order chi connectivity index (χ1) is 10.8. The van der Waals surface area contributed by atoms with Gasteiger partial charge < -0.3 is 14.4 Å². The number of rotatable bonds is 7. The Morgan fingerprint density at radius 1 is 1.26 bits per heavy atom. The van der Waals surface area contributed by atoms with Crippen LogP contribution < -0.4 is 5.56 Å². The molecule has 0 spiro atoms. The topological polar surface area (TPSA) is 69.3 Å². The van der Waals surface area contributed by atoms with Crippen LogP contribution in [-0.4, -0.2) is 34.1 Å². The normalized spacial score (nSPS) is 11.9. The standard InChI is InChI=1S/C16H25N3O3Si/c1-18-9-13(5-6-16(18)21)14-10-19(17-15(14)11-20)12-22-7-8-23(2,3)4/h5-6,9-10,20H,7-8,11-12H2,1-4H3. The number of aliphatic hydroxyl groups excluding tert-OH is 1. The second-order valence-corrected chi connectivity index (χ2v) is 12.5. The van der Waals surface area contributed by atoms with Crippen LogP contribution in [-0.2, 0) is 25.1 Å². The summed E-state index contributed by atoms with van der Waals surface area (Å²) in [6.07, 6.45) is 3.59. The van der Waals surface area contributed by atoms with E-state index in [-0.39, 0.29) is 12.2 Å². The lowest BCUT2D eigenvalue weighted by Gasteiger charge is -2.15. The summed E-state index contributed by atoms with van der Waals surface area (Å²) >= 11 is 0. The van der Waals surface area contributed by atoms with Crippen molar-refractivity contribution in [1.82, 2.24) is 14.3 Å². The van der Waals surface area contributed by atoms with Crippen LogP contribution >= 0.6 is 0 Å². The third-order valence-electron chi connectivity index (χ3n) is 3.60. The summed E-state index contributed by atoms with van der Waals surface area (Å²) in [4.78, 5) is 11.5. The largest absolute Gasteiger partial charge is 0.390 e. The molecular weight excluding hydrogens is 310 g/mol. The summed E-state index contributed by atoms with van der Waals surface area (Å²) in [5.74, 6) is 0. The van der Waals surface area contributed by atoms with Gasteiger partial charge in [0.15, 0.2) is 0 Å². The molecule has 126 valence electrons. The molecule has 0 saturated carbocycles. The Morgan fingerprint density at radius 3 is 2.61 bits per heavy atom. The third-order valence-corrected chi connectivity index (χ3v) is 5.31. The van der Waals surface area contributed by atoms with Crippen molar-refractivity contribution < 1.29 is 9.84 Å². The number of pyridine rings is 1. The van der Waals surface area contributed by atoms with Crippen LogP contribution in [0.1, 0.15) is 5.69 Å². The molecule has 0 radical (unpaired) electrons. The van der Waals surface area contributed by atoms with Crippen molar-refractivity contribution in [3.63, 3.8) is 0 Å². The fraction of sp³-hybridized carbons (Fsp3) is 0.500. The number of aromatic nitrogens is 3. The smallest absolute Gasteiger partial charge is 0.250 e. The lowest BCUT2D eigenvalue weighted by molar-refractivity contribution is 0.0779. The van der Waals surface area contributed by atoms with E-state index in [0.717, 1.165) is 23.8 Å². The van der Waals surface area contributed by atoms with Crippen molar-refractivity contribution in [1.29, 1.82) is 0 Å². The van der Waals surface area contributed by atoms with Crippen molar-refractivity contribution in [3.05, 3.63) is 40.6 Å². The molecule has 0 aliphatic heterocycles. The third kappa shape index (κ3) is 4.88. The molecule has 2 aromatic rings. The Morgan fingerprint density at radius 2 is 2.00 bits per heavy atom. The maximum Gasteiger partial charge on any atom is 0.250 e. The zero-order valence-electron chi connectivity index (χ0n) is 14.2. The molecule has 0 atom stereocenters. The van der Waals surface area contributed by atoms with Crippen molar-refractivity contribution in [2.45, 2.75) is 39.0 Å². The van der Waals surface area contributed by atoms with Crippen LogP contribution in [0.2, 0.25) is 25.7 Å². The van der Waals surface area contributed by atoms with Gasteiger partial charge in [0, 0.05) is 51.3 Å². The van der Waals surface area contributed by atoms with E-state index in [9.17, 15) is 9.90 Å². The van der Waals surface area contributed by atoms with Crippen LogP contribution in [0.3, 0.4) is 0 Å². The number of hydrogen-bond donors (Lipinski definition) is 1. The van der Waals surface area contributed by atoms with E-state index in [1.54, 1.807) is 24.0 Å². The lowest BCUT2D eigenvalue weighted by atomic mass is 10.1. The second-order valence-electron chi connectivity index (χ2n) is 6.90. The summed E-state index contributed by atoms with van der Waals surface area (Å²) < 4.78 is 8.89. The molecule has 6 nitrogen and oxygen atoms in total. The van der Waals surface area contributed by atoms with Crippen LogP contribution in [0.4, 0.5) is 0 Å². The van der Waals surface area contributed by atoms with Gasteiger partial charge in [-0.15, -0.1) is 0 Å². The van der Waals surface area contributed by atoms with E-state index < -0.39 is 8.07 Å². The van der Waals surface area contributed by atoms with E-state index in [1.807, 2.05) is 6.20 Å². The van der Waals surface area contributed by atoms with E-state index in [0.29, 0.717) is 12.4 Å².